The summed E-state index contributed by atoms with van der Waals surface area (Å²) in [6, 6.07) is 7.37. The number of ether oxygens (including phenoxy) is 1. The minimum Gasteiger partial charge on any atom is -0.494 e. The van der Waals surface area contributed by atoms with Gasteiger partial charge in [0.25, 0.3) is 5.91 Å². The lowest BCUT2D eigenvalue weighted by atomic mass is 10.2. The highest BCUT2D eigenvalue weighted by Crippen LogP contribution is 2.32. The van der Waals surface area contributed by atoms with E-state index in [4.69, 9.17) is 22.1 Å². The summed E-state index contributed by atoms with van der Waals surface area (Å²) in [5.74, 6) is -0.735. The monoisotopic (exact) mass is 337 g/mol. The van der Waals surface area contributed by atoms with Crippen LogP contribution < -0.4 is 4.74 Å². The molecule has 0 bridgehead atoms. The zero-order valence-corrected chi connectivity index (χ0v) is 13.6. The van der Waals surface area contributed by atoms with Crippen molar-refractivity contribution in [2.75, 3.05) is 13.2 Å². The molecule has 1 amide bonds. The third kappa shape index (κ3) is 4.08. The number of rotatable bonds is 6. The largest absolute Gasteiger partial charge is 0.494 e. The van der Waals surface area contributed by atoms with Gasteiger partial charge < -0.3 is 9.84 Å². The van der Waals surface area contributed by atoms with Crippen molar-refractivity contribution >= 4 is 46.3 Å². The van der Waals surface area contributed by atoms with E-state index in [-0.39, 0.29) is 10.2 Å². The third-order valence-electron chi connectivity index (χ3n) is 2.80. The summed E-state index contributed by atoms with van der Waals surface area (Å²) in [6.45, 7) is 2.24. The topological polar surface area (TPSA) is 66.8 Å². The van der Waals surface area contributed by atoms with Gasteiger partial charge in [0.15, 0.2) is 0 Å². The van der Waals surface area contributed by atoms with Crippen molar-refractivity contribution in [1.82, 2.24) is 4.90 Å². The van der Waals surface area contributed by atoms with Crippen molar-refractivity contribution in [3.05, 3.63) is 34.7 Å². The van der Waals surface area contributed by atoms with Crippen molar-refractivity contribution in [3.63, 3.8) is 0 Å². The molecule has 5 nitrogen and oxygen atoms in total. The number of carbonyl (C=O) groups excluding carboxylic acids is 1. The van der Waals surface area contributed by atoms with Gasteiger partial charge >= 0.3 is 5.97 Å². The van der Waals surface area contributed by atoms with Crippen LogP contribution in [0.2, 0.25) is 0 Å². The van der Waals surface area contributed by atoms with E-state index in [1.165, 1.54) is 0 Å². The molecule has 0 radical (unpaired) electrons. The Morgan fingerprint density at radius 1 is 1.50 bits per heavy atom. The summed E-state index contributed by atoms with van der Waals surface area (Å²) in [5.41, 5.74) is 0.810. The summed E-state index contributed by atoms with van der Waals surface area (Å²) >= 11 is 6.16. The number of benzene rings is 1. The first-order valence-corrected chi connectivity index (χ1v) is 7.93. The van der Waals surface area contributed by atoms with E-state index in [2.05, 4.69) is 0 Å². The Kier molecular flexibility index (Phi) is 5.57. The van der Waals surface area contributed by atoms with Crippen LogP contribution in [-0.2, 0) is 9.59 Å². The van der Waals surface area contributed by atoms with Crippen LogP contribution in [0.4, 0.5) is 0 Å². The van der Waals surface area contributed by atoms with E-state index in [9.17, 15) is 9.59 Å². The first kappa shape index (κ1) is 16.5. The lowest BCUT2D eigenvalue weighted by Crippen LogP contribution is -2.33. The van der Waals surface area contributed by atoms with Crippen LogP contribution in [0.25, 0.3) is 6.08 Å². The second-order valence-electron chi connectivity index (χ2n) is 4.58. The molecule has 1 aliphatic heterocycles. The predicted molar refractivity (Wildman–Crippen MR) is 89.7 cm³/mol. The molecule has 22 heavy (non-hydrogen) atoms. The van der Waals surface area contributed by atoms with Crippen LogP contribution in [0.5, 0.6) is 5.75 Å². The molecule has 116 valence electrons. The SMILES string of the molecule is CCCOc1cccc(/C=C2/SC(=S)N(CC(=O)O)C2=O)c1. The maximum absolute atomic E-state index is 12.2. The Balaban J connectivity index is 2.17. The van der Waals surface area contributed by atoms with Gasteiger partial charge in [-0.15, -0.1) is 0 Å². The Hall–Kier alpha value is -1.86. The van der Waals surface area contributed by atoms with Crippen LogP contribution in [0.1, 0.15) is 18.9 Å². The highest BCUT2D eigenvalue weighted by molar-refractivity contribution is 8.26. The molecule has 7 heteroatoms. The third-order valence-corrected chi connectivity index (χ3v) is 4.17. The van der Waals surface area contributed by atoms with E-state index in [0.29, 0.717) is 11.5 Å². The maximum atomic E-state index is 12.2. The van der Waals surface area contributed by atoms with E-state index in [0.717, 1.165) is 34.4 Å². The van der Waals surface area contributed by atoms with Crippen LogP contribution in [-0.4, -0.2) is 39.4 Å². The highest BCUT2D eigenvalue weighted by atomic mass is 32.2. The summed E-state index contributed by atoms with van der Waals surface area (Å²) < 4.78 is 5.81. The number of aliphatic carboxylic acids is 1. The van der Waals surface area contributed by atoms with Crippen LogP contribution >= 0.6 is 24.0 Å². The van der Waals surface area contributed by atoms with Gasteiger partial charge in [0.2, 0.25) is 0 Å². The smallest absolute Gasteiger partial charge is 0.323 e. The lowest BCUT2D eigenvalue weighted by Gasteiger charge is -2.10. The zero-order valence-electron chi connectivity index (χ0n) is 11.9. The maximum Gasteiger partial charge on any atom is 0.323 e. The predicted octanol–water partition coefficient (Wildman–Crippen LogP) is 2.76. The van der Waals surface area contributed by atoms with Crippen molar-refractivity contribution in [2.45, 2.75) is 13.3 Å². The lowest BCUT2D eigenvalue weighted by molar-refractivity contribution is -0.140. The quantitative estimate of drug-likeness (QED) is 0.636. The van der Waals surface area contributed by atoms with Crippen LogP contribution in [0, 0.1) is 0 Å². The Labute approximate surface area is 137 Å². The molecule has 0 aromatic heterocycles. The van der Waals surface area contributed by atoms with Gasteiger partial charge in [-0.25, -0.2) is 0 Å². The summed E-state index contributed by atoms with van der Waals surface area (Å²) in [5, 5.41) is 8.81. The van der Waals surface area contributed by atoms with Gasteiger partial charge in [-0.2, -0.15) is 0 Å². The van der Waals surface area contributed by atoms with Crippen LogP contribution in [0.3, 0.4) is 0 Å². The van der Waals surface area contributed by atoms with Crippen molar-refractivity contribution < 1.29 is 19.4 Å². The minimum absolute atomic E-state index is 0.261. The number of carbonyl (C=O) groups is 2. The van der Waals surface area contributed by atoms with Gasteiger partial charge in [0, 0.05) is 0 Å². The second-order valence-corrected chi connectivity index (χ2v) is 6.26. The first-order valence-electron chi connectivity index (χ1n) is 6.71. The molecule has 1 fully saturated rings. The Morgan fingerprint density at radius 2 is 2.27 bits per heavy atom. The average Bonchev–Trinajstić information content (AvgIpc) is 2.73. The van der Waals surface area contributed by atoms with Crippen molar-refractivity contribution in [2.24, 2.45) is 0 Å². The van der Waals surface area contributed by atoms with Gasteiger partial charge in [-0.05, 0) is 30.2 Å². The van der Waals surface area contributed by atoms with E-state index in [1.807, 2.05) is 31.2 Å². The van der Waals surface area contributed by atoms with E-state index >= 15 is 0 Å². The molecular formula is C15H15NO4S2. The highest BCUT2D eigenvalue weighted by Gasteiger charge is 2.33. The molecule has 1 aliphatic rings. The standard InChI is InChI=1S/C15H15NO4S2/c1-2-6-20-11-5-3-4-10(7-11)8-12-14(19)16(9-13(17)18)15(21)22-12/h3-5,7-8H,2,6,9H2,1H3,(H,17,18)/b12-8+. The molecule has 1 heterocycles. The fraction of sp³-hybridized carbons (Fsp3) is 0.267. The Morgan fingerprint density at radius 3 is 2.95 bits per heavy atom. The number of hydrogen-bond acceptors (Lipinski definition) is 5. The number of carboxylic acid groups (broad SMARTS) is 1. The van der Waals surface area contributed by atoms with Gasteiger partial charge in [-0.3, -0.25) is 14.5 Å². The minimum atomic E-state index is -1.09. The second kappa shape index (κ2) is 7.42. The van der Waals surface area contributed by atoms with Crippen molar-refractivity contribution in [3.8, 4) is 5.75 Å². The van der Waals surface area contributed by atoms with Gasteiger partial charge in [0.05, 0.1) is 11.5 Å². The van der Waals surface area contributed by atoms with Gasteiger partial charge in [0.1, 0.15) is 16.6 Å². The average molecular weight is 337 g/mol. The molecule has 0 spiro atoms. The molecule has 0 saturated carbocycles. The molecule has 0 atom stereocenters. The van der Waals surface area contributed by atoms with Gasteiger partial charge in [-0.1, -0.05) is 43.0 Å². The molecular weight excluding hydrogens is 322 g/mol. The zero-order chi connectivity index (χ0) is 16.1. The first-order chi connectivity index (χ1) is 10.5. The molecule has 1 aromatic rings. The van der Waals surface area contributed by atoms with E-state index < -0.39 is 12.5 Å². The molecule has 1 saturated heterocycles. The number of thiocarbonyl (C=S) groups is 1. The normalized spacial score (nSPS) is 16.4. The fourth-order valence-corrected chi connectivity index (χ4v) is 3.09. The summed E-state index contributed by atoms with van der Waals surface area (Å²) in [4.78, 5) is 24.4. The molecule has 1 N–H and O–H groups in total. The fourth-order valence-electron chi connectivity index (χ4n) is 1.84. The Bertz CT molecular complexity index is 642. The number of nitrogens with zero attached hydrogens (tertiary/aromatic N) is 1. The molecule has 1 aromatic carbocycles. The molecule has 0 aliphatic carbocycles. The molecule has 0 unspecified atom stereocenters. The number of thioether (sulfide) groups is 1. The summed E-state index contributed by atoms with van der Waals surface area (Å²) in [6.07, 6.45) is 2.61. The van der Waals surface area contributed by atoms with Crippen molar-refractivity contribution in [1.29, 1.82) is 0 Å². The van der Waals surface area contributed by atoms with Crippen LogP contribution in [0.15, 0.2) is 29.2 Å². The summed E-state index contributed by atoms with van der Waals surface area (Å²) in [7, 11) is 0. The number of amides is 1. The van der Waals surface area contributed by atoms with E-state index in [1.54, 1.807) is 6.08 Å². The number of carboxylic acids is 1. The molecule has 2 rings (SSSR count). The number of hydrogen-bond donors (Lipinski definition) is 1.